The zero-order valence-corrected chi connectivity index (χ0v) is 8.16. The molecule has 5 nitrogen and oxygen atoms in total. The van der Waals surface area contributed by atoms with E-state index in [0.29, 0.717) is 12.8 Å². The molecule has 0 bridgehead atoms. The molecule has 0 aliphatic carbocycles. The summed E-state index contributed by atoms with van der Waals surface area (Å²) in [4.78, 5) is 21.7. The van der Waals surface area contributed by atoms with Crippen LogP contribution in [0.15, 0.2) is 12.7 Å². The van der Waals surface area contributed by atoms with Gasteiger partial charge in [0.05, 0.1) is 13.7 Å². The van der Waals surface area contributed by atoms with Crippen LogP contribution in [0.4, 0.5) is 0 Å². The van der Waals surface area contributed by atoms with Gasteiger partial charge < -0.3 is 15.2 Å². The maximum atomic E-state index is 11.0. The minimum absolute atomic E-state index is 0.122. The van der Waals surface area contributed by atoms with Gasteiger partial charge in [0.2, 0.25) is 5.91 Å². The Labute approximate surface area is 82.7 Å². The van der Waals surface area contributed by atoms with Crippen LogP contribution in [0, 0.1) is 0 Å². The third-order valence-electron chi connectivity index (χ3n) is 1.54. The number of amides is 1. The summed E-state index contributed by atoms with van der Waals surface area (Å²) in [5, 5.41) is 11.5. The van der Waals surface area contributed by atoms with E-state index in [2.05, 4.69) is 16.6 Å². The highest BCUT2D eigenvalue weighted by Gasteiger charge is 2.15. The first-order valence-corrected chi connectivity index (χ1v) is 4.25. The number of ether oxygens (including phenoxy) is 1. The molecule has 1 unspecified atom stereocenters. The van der Waals surface area contributed by atoms with Crippen molar-refractivity contribution in [2.24, 2.45) is 0 Å². The normalized spacial score (nSPS) is 11.6. The SMILES string of the molecule is C=CCCC(=O)NCC(O)C(=O)OC. The van der Waals surface area contributed by atoms with Crippen LogP contribution in [0.5, 0.6) is 0 Å². The van der Waals surface area contributed by atoms with E-state index in [4.69, 9.17) is 5.11 Å². The molecule has 0 spiro atoms. The van der Waals surface area contributed by atoms with E-state index < -0.39 is 12.1 Å². The molecular weight excluding hydrogens is 186 g/mol. The number of aliphatic hydroxyl groups excluding tert-OH is 1. The third kappa shape index (κ3) is 5.31. The van der Waals surface area contributed by atoms with Crippen LogP contribution >= 0.6 is 0 Å². The molecule has 0 heterocycles. The predicted octanol–water partition coefficient (Wildman–Crippen LogP) is -0.397. The lowest BCUT2D eigenvalue weighted by atomic mass is 10.3. The second kappa shape index (κ2) is 7.08. The van der Waals surface area contributed by atoms with Crippen molar-refractivity contribution in [1.82, 2.24) is 5.32 Å². The molecule has 1 atom stereocenters. The van der Waals surface area contributed by atoms with Crippen molar-refractivity contribution in [2.75, 3.05) is 13.7 Å². The van der Waals surface area contributed by atoms with E-state index in [9.17, 15) is 9.59 Å². The minimum Gasteiger partial charge on any atom is -0.467 e. The Kier molecular flexibility index (Phi) is 6.39. The third-order valence-corrected chi connectivity index (χ3v) is 1.54. The van der Waals surface area contributed by atoms with E-state index in [0.717, 1.165) is 0 Å². The zero-order chi connectivity index (χ0) is 11.0. The molecule has 0 aromatic heterocycles. The standard InChI is InChI=1S/C9H15NO4/c1-3-4-5-8(12)10-6-7(11)9(13)14-2/h3,7,11H,1,4-6H2,2H3,(H,10,12). The van der Waals surface area contributed by atoms with Crippen LogP contribution < -0.4 is 5.32 Å². The Morgan fingerprint density at radius 1 is 1.64 bits per heavy atom. The van der Waals surface area contributed by atoms with Crippen LogP contribution in [0.3, 0.4) is 0 Å². The van der Waals surface area contributed by atoms with Gasteiger partial charge in [-0.05, 0) is 6.42 Å². The van der Waals surface area contributed by atoms with Crippen molar-refractivity contribution < 1.29 is 19.4 Å². The van der Waals surface area contributed by atoms with E-state index >= 15 is 0 Å². The van der Waals surface area contributed by atoms with Crippen molar-refractivity contribution in [3.8, 4) is 0 Å². The van der Waals surface area contributed by atoms with E-state index in [1.54, 1.807) is 6.08 Å². The predicted molar refractivity (Wildman–Crippen MR) is 50.5 cm³/mol. The molecule has 0 radical (unpaired) electrons. The van der Waals surface area contributed by atoms with Crippen molar-refractivity contribution in [3.63, 3.8) is 0 Å². The van der Waals surface area contributed by atoms with Crippen LogP contribution in [0.2, 0.25) is 0 Å². The molecule has 2 N–H and O–H groups in total. The molecule has 0 fully saturated rings. The average molecular weight is 201 g/mol. The van der Waals surface area contributed by atoms with Gasteiger partial charge in [0, 0.05) is 6.42 Å². The Hall–Kier alpha value is -1.36. The van der Waals surface area contributed by atoms with E-state index in [-0.39, 0.29) is 12.5 Å². The minimum atomic E-state index is -1.30. The number of nitrogens with one attached hydrogen (secondary N) is 1. The van der Waals surface area contributed by atoms with Gasteiger partial charge in [-0.25, -0.2) is 4.79 Å². The number of methoxy groups -OCH3 is 1. The Morgan fingerprint density at radius 2 is 2.29 bits per heavy atom. The van der Waals surface area contributed by atoms with Crippen LogP contribution in [0.25, 0.3) is 0 Å². The second-order valence-corrected chi connectivity index (χ2v) is 2.67. The lowest BCUT2D eigenvalue weighted by Gasteiger charge is -2.08. The molecule has 1 amide bonds. The highest BCUT2D eigenvalue weighted by molar-refractivity contribution is 5.78. The van der Waals surface area contributed by atoms with Crippen molar-refractivity contribution in [1.29, 1.82) is 0 Å². The summed E-state index contributed by atoms with van der Waals surface area (Å²) in [6.45, 7) is 3.34. The summed E-state index contributed by atoms with van der Waals surface area (Å²) in [5.41, 5.74) is 0. The first kappa shape index (κ1) is 12.6. The smallest absolute Gasteiger partial charge is 0.336 e. The van der Waals surface area contributed by atoms with Crippen molar-refractivity contribution in [3.05, 3.63) is 12.7 Å². The lowest BCUT2D eigenvalue weighted by molar-refractivity contribution is -0.150. The monoisotopic (exact) mass is 201 g/mol. The lowest BCUT2D eigenvalue weighted by Crippen LogP contribution is -2.37. The summed E-state index contributed by atoms with van der Waals surface area (Å²) >= 11 is 0. The van der Waals surface area contributed by atoms with Gasteiger partial charge in [0.1, 0.15) is 0 Å². The number of allylic oxidation sites excluding steroid dienone is 1. The maximum absolute atomic E-state index is 11.0. The quantitative estimate of drug-likeness (QED) is 0.453. The summed E-state index contributed by atoms with van der Waals surface area (Å²) < 4.78 is 4.27. The number of rotatable bonds is 6. The first-order valence-electron chi connectivity index (χ1n) is 4.25. The molecule has 0 aliphatic heterocycles. The molecule has 0 saturated carbocycles. The Balaban J connectivity index is 3.65. The van der Waals surface area contributed by atoms with Crippen LogP contribution in [-0.2, 0) is 14.3 Å². The number of carbonyl (C=O) groups excluding carboxylic acids is 2. The summed E-state index contributed by atoms with van der Waals surface area (Å²) in [6.07, 6.45) is 1.20. The van der Waals surface area contributed by atoms with E-state index in [1.165, 1.54) is 7.11 Å². The van der Waals surface area contributed by atoms with Crippen molar-refractivity contribution in [2.45, 2.75) is 18.9 Å². The van der Waals surface area contributed by atoms with Gasteiger partial charge >= 0.3 is 5.97 Å². The molecule has 0 aromatic carbocycles. The fourth-order valence-electron chi connectivity index (χ4n) is 0.751. The fraction of sp³-hybridized carbons (Fsp3) is 0.556. The zero-order valence-electron chi connectivity index (χ0n) is 8.16. The molecular formula is C9H15NO4. The highest BCUT2D eigenvalue weighted by Crippen LogP contribution is 1.90. The van der Waals surface area contributed by atoms with Crippen molar-refractivity contribution >= 4 is 11.9 Å². The molecule has 14 heavy (non-hydrogen) atoms. The maximum Gasteiger partial charge on any atom is 0.336 e. The molecule has 0 aromatic rings. The molecule has 0 aliphatic rings. The van der Waals surface area contributed by atoms with Gasteiger partial charge in [-0.15, -0.1) is 6.58 Å². The second-order valence-electron chi connectivity index (χ2n) is 2.67. The fourth-order valence-corrected chi connectivity index (χ4v) is 0.751. The van der Waals surface area contributed by atoms with Gasteiger partial charge in [-0.3, -0.25) is 4.79 Å². The average Bonchev–Trinajstić information content (AvgIpc) is 2.21. The number of carbonyl (C=O) groups is 2. The van der Waals surface area contributed by atoms with Crippen LogP contribution in [-0.4, -0.2) is 36.7 Å². The Bertz CT molecular complexity index is 215. The van der Waals surface area contributed by atoms with Gasteiger partial charge in [0.25, 0.3) is 0 Å². The first-order chi connectivity index (χ1) is 6.61. The number of hydrogen-bond acceptors (Lipinski definition) is 4. The molecule has 0 saturated heterocycles. The van der Waals surface area contributed by atoms with Gasteiger partial charge in [-0.1, -0.05) is 6.08 Å². The Morgan fingerprint density at radius 3 is 2.79 bits per heavy atom. The molecule has 80 valence electrons. The molecule has 5 heteroatoms. The number of hydrogen-bond donors (Lipinski definition) is 2. The summed E-state index contributed by atoms with van der Waals surface area (Å²) in [5.74, 6) is -0.984. The number of esters is 1. The summed E-state index contributed by atoms with van der Waals surface area (Å²) in [6, 6.07) is 0. The van der Waals surface area contributed by atoms with Gasteiger partial charge in [-0.2, -0.15) is 0 Å². The van der Waals surface area contributed by atoms with Gasteiger partial charge in [0.15, 0.2) is 6.10 Å². The van der Waals surface area contributed by atoms with Crippen LogP contribution in [0.1, 0.15) is 12.8 Å². The largest absolute Gasteiger partial charge is 0.467 e. The summed E-state index contributed by atoms with van der Waals surface area (Å²) in [7, 11) is 1.17. The molecule has 0 rings (SSSR count). The number of aliphatic hydroxyl groups is 1. The highest BCUT2D eigenvalue weighted by atomic mass is 16.5. The topological polar surface area (TPSA) is 75.6 Å². The van der Waals surface area contributed by atoms with E-state index in [1.807, 2.05) is 0 Å².